The molecule has 1 unspecified atom stereocenters. The summed E-state index contributed by atoms with van der Waals surface area (Å²) < 4.78 is 0. The molecule has 1 aliphatic carbocycles. The molecule has 4 heteroatoms. The van der Waals surface area contributed by atoms with Crippen molar-refractivity contribution >= 4 is 5.91 Å². The molecule has 1 saturated carbocycles. The van der Waals surface area contributed by atoms with Gasteiger partial charge in [-0.3, -0.25) is 9.69 Å². The van der Waals surface area contributed by atoms with E-state index in [4.69, 9.17) is 0 Å². The zero-order valence-corrected chi connectivity index (χ0v) is 10.5. The molecule has 3 fully saturated rings. The van der Waals surface area contributed by atoms with E-state index in [2.05, 4.69) is 15.1 Å². The summed E-state index contributed by atoms with van der Waals surface area (Å²) in [6.45, 7) is 5.95. The lowest BCUT2D eigenvalue weighted by Gasteiger charge is -2.27. The Morgan fingerprint density at radius 1 is 1.18 bits per heavy atom. The van der Waals surface area contributed by atoms with Crippen LogP contribution in [0.25, 0.3) is 0 Å². The van der Waals surface area contributed by atoms with Crippen molar-refractivity contribution in [2.45, 2.75) is 25.7 Å². The maximum atomic E-state index is 11.9. The predicted octanol–water partition coefficient (Wildman–Crippen LogP) is 0.498. The van der Waals surface area contributed by atoms with Gasteiger partial charge in [-0.15, -0.1) is 0 Å². The molecule has 3 rings (SSSR count). The average Bonchev–Trinajstić information content (AvgIpc) is 3.07. The topological polar surface area (TPSA) is 35.6 Å². The lowest BCUT2D eigenvalue weighted by Crippen LogP contribution is -2.38. The fraction of sp³-hybridized carbons (Fsp3) is 0.923. The minimum absolute atomic E-state index is 0.348. The Morgan fingerprint density at radius 2 is 2.06 bits per heavy atom. The smallest absolute Gasteiger partial charge is 0.237 e. The van der Waals surface area contributed by atoms with Gasteiger partial charge >= 0.3 is 0 Å². The molecule has 2 heterocycles. The molecule has 0 radical (unpaired) electrons. The highest BCUT2D eigenvalue weighted by Gasteiger charge is 2.33. The van der Waals surface area contributed by atoms with Crippen molar-refractivity contribution in [3.63, 3.8) is 0 Å². The van der Waals surface area contributed by atoms with Gasteiger partial charge in [-0.25, -0.2) is 0 Å². The van der Waals surface area contributed by atoms with Crippen molar-refractivity contribution in [3.8, 4) is 0 Å². The minimum Gasteiger partial charge on any atom is -0.328 e. The Labute approximate surface area is 103 Å². The Bertz CT molecular complexity index is 284. The van der Waals surface area contributed by atoms with E-state index in [9.17, 15) is 4.79 Å². The van der Waals surface area contributed by atoms with Crippen LogP contribution < -0.4 is 5.32 Å². The molecule has 96 valence electrons. The molecule has 1 N–H and O–H groups in total. The Kier molecular flexibility index (Phi) is 3.34. The number of amides is 1. The number of piperidine rings is 1. The standard InChI is InChI=1S/C13H23N3O/c17-13-9-15(7-12-2-1-5-14-6-12)10-16(13)8-11-3-4-11/h11-12,14H,1-10H2. The third-order valence-corrected chi connectivity index (χ3v) is 4.17. The number of nitrogens with zero attached hydrogens (tertiary/aromatic N) is 2. The predicted molar refractivity (Wildman–Crippen MR) is 66.5 cm³/mol. The van der Waals surface area contributed by atoms with Gasteiger partial charge in [0, 0.05) is 13.1 Å². The van der Waals surface area contributed by atoms with Gasteiger partial charge in [0.15, 0.2) is 0 Å². The second-order valence-corrected chi connectivity index (χ2v) is 5.92. The first-order chi connectivity index (χ1) is 8.31. The Balaban J connectivity index is 1.46. The summed E-state index contributed by atoms with van der Waals surface area (Å²) in [7, 11) is 0. The summed E-state index contributed by atoms with van der Waals surface area (Å²) in [6.07, 6.45) is 5.27. The van der Waals surface area contributed by atoms with Crippen LogP contribution in [0.1, 0.15) is 25.7 Å². The number of hydrogen-bond acceptors (Lipinski definition) is 3. The van der Waals surface area contributed by atoms with E-state index >= 15 is 0 Å². The number of carbonyl (C=O) groups excluding carboxylic acids is 1. The molecule has 1 atom stereocenters. The summed E-state index contributed by atoms with van der Waals surface area (Å²) in [6, 6.07) is 0. The third kappa shape index (κ3) is 2.99. The second kappa shape index (κ2) is 4.94. The monoisotopic (exact) mass is 237 g/mol. The van der Waals surface area contributed by atoms with Crippen molar-refractivity contribution < 1.29 is 4.79 Å². The van der Waals surface area contributed by atoms with Crippen LogP contribution in [0, 0.1) is 11.8 Å². The SMILES string of the molecule is O=C1CN(CC2CCCNC2)CN1CC1CC1. The highest BCUT2D eigenvalue weighted by Crippen LogP contribution is 2.30. The molecule has 0 bridgehead atoms. The van der Waals surface area contributed by atoms with Crippen molar-refractivity contribution in [3.05, 3.63) is 0 Å². The van der Waals surface area contributed by atoms with Crippen LogP contribution in [0.2, 0.25) is 0 Å². The maximum Gasteiger partial charge on any atom is 0.237 e. The highest BCUT2D eigenvalue weighted by molar-refractivity contribution is 5.80. The Morgan fingerprint density at radius 3 is 2.76 bits per heavy atom. The lowest BCUT2D eigenvalue weighted by molar-refractivity contribution is -0.126. The fourth-order valence-corrected chi connectivity index (χ4v) is 3.00. The first-order valence-electron chi connectivity index (χ1n) is 7.02. The van der Waals surface area contributed by atoms with Gasteiger partial charge in [-0.2, -0.15) is 0 Å². The third-order valence-electron chi connectivity index (χ3n) is 4.17. The van der Waals surface area contributed by atoms with Crippen LogP contribution in [0.4, 0.5) is 0 Å². The maximum absolute atomic E-state index is 11.9. The van der Waals surface area contributed by atoms with Crippen molar-refractivity contribution in [2.24, 2.45) is 11.8 Å². The van der Waals surface area contributed by atoms with Crippen molar-refractivity contribution in [1.82, 2.24) is 15.1 Å². The number of hydrogen-bond donors (Lipinski definition) is 1. The first-order valence-corrected chi connectivity index (χ1v) is 7.02. The molecule has 0 aromatic carbocycles. The molecular weight excluding hydrogens is 214 g/mol. The van der Waals surface area contributed by atoms with E-state index in [-0.39, 0.29) is 0 Å². The van der Waals surface area contributed by atoms with E-state index in [0.29, 0.717) is 12.5 Å². The number of rotatable bonds is 4. The van der Waals surface area contributed by atoms with E-state index in [0.717, 1.165) is 38.1 Å². The van der Waals surface area contributed by atoms with E-state index in [1.807, 2.05) is 0 Å². The lowest BCUT2D eigenvalue weighted by atomic mass is 9.99. The van der Waals surface area contributed by atoms with Crippen LogP contribution in [0.3, 0.4) is 0 Å². The fourth-order valence-electron chi connectivity index (χ4n) is 3.00. The molecule has 0 aromatic heterocycles. The quantitative estimate of drug-likeness (QED) is 0.773. The molecule has 3 aliphatic rings. The first kappa shape index (κ1) is 11.5. The largest absolute Gasteiger partial charge is 0.328 e. The van der Waals surface area contributed by atoms with Gasteiger partial charge in [0.1, 0.15) is 0 Å². The second-order valence-electron chi connectivity index (χ2n) is 5.92. The van der Waals surface area contributed by atoms with Gasteiger partial charge in [-0.05, 0) is 50.6 Å². The van der Waals surface area contributed by atoms with E-state index < -0.39 is 0 Å². The normalized spacial score (nSPS) is 31.2. The van der Waals surface area contributed by atoms with Crippen molar-refractivity contribution in [2.75, 3.05) is 39.4 Å². The summed E-state index contributed by atoms with van der Waals surface area (Å²) in [4.78, 5) is 16.3. The molecule has 0 aromatic rings. The minimum atomic E-state index is 0.348. The van der Waals surface area contributed by atoms with Gasteiger partial charge in [0.25, 0.3) is 0 Å². The van der Waals surface area contributed by atoms with E-state index in [1.54, 1.807) is 0 Å². The molecule has 4 nitrogen and oxygen atoms in total. The highest BCUT2D eigenvalue weighted by atomic mass is 16.2. The zero-order chi connectivity index (χ0) is 11.7. The van der Waals surface area contributed by atoms with Crippen molar-refractivity contribution in [1.29, 1.82) is 0 Å². The molecule has 17 heavy (non-hydrogen) atoms. The van der Waals surface area contributed by atoms with Crippen LogP contribution in [0.5, 0.6) is 0 Å². The molecular formula is C13H23N3O. The molecule has 0 spiro atoms. The molecule has 2 saturated heterocycles. The summed E-state index contributed by atoms with van der Waals surface area (Å²) in [5.74, 6) is 1.91. The summed E-state index contributed by atoms with van der Waals surface area (Å²) >= 11 is 0. The average molecular weight is 237 g/mol. The summed E-state index contributed by atoms with van der Waals surface area (Å²) in [5.41, 5.74) is 0. The van der Waals surface area contributed by atoms with Gasteiger partial charge in [0.05, 0.1) is 13.2 Å². The summed E-state index contributed by atoms with van der Waals surface area (Å²) in [5, 5.41) is 3.45. The zero-order valence-electron chi connectivity index (χ0n) is 10.5. The van der Waals surface area contributed by atoms with Gasteiger partial charge < -0.3 is 10.2 Å². The van der Waals surface area contributed by atoms with Crippen LogP contribution >= 0.6 is 0 Å². The molecule has 2 aliphatic heterocycles. The van der Waals surface area contributed by atoms with Gasteiger partial charge in [-0.1, -0.05) is 0 Å². The van der Waals surface area contributed by atoms with Crippen LogP contribution in [-0.2, 0) is 4.79 Å². The van der Waals surface area contributed by atoms with E-state index in [1.165, 1.54) is 32.2 Å². The number of carbonyl (C=O) groups is 1. The van der Waals surface area contributed by atoms with Crippen LogP contribution in [0.15, 0.2) is 0 Å². The Hall–Kier alpha value is -0.610. The number of nitrogens with one attached hydrogen (secondary N) is 1. The van der Waals surface area contributed by atoms with Crippen LogP contribution in [-0.4, -0.2) is 55.1 Å². The molecule has 1 amide bonds. The van der Waals surface area contributed by atoms with Gasteiger partial charge in [0.2, 0.25) is 5.91 Å².